The molecule has 33 heavy (non-hydrogen) atoms. The first-order valence-electron chi connectivity index (χ1n) is 12.0. The number of para-hydroxylation sites is 1. The molecule has 0 fully saturated rings. The molecule has 2 radical (unpaired) electrons. The number of aromatic nitrogens is 1. The third kappa shape index (κ3) is 19.8. The number of hydrogen-bond donors (Lipinski definition) is 2. The van der Waals surface area contributed by atoms with Crippen LogP contribution in [-0.4, -0.2) is 21.2 Å². The van der Waals surface area contributed by atoms with E-state index in [1.165, 1.54) is 70.6 Å². The third-order valence-corrected chi connectivity index (χ3v) is 5.24. The molecule has 0 saturated heterocycles. The van der Waals surface area contributed by atoms with E-state index in [0.29, 0.717) is 6.42 Å². The number of fused-ring (bicyclic) bond motifs is 1. The van der Waals surface area contributed by atoms with E-state index in [2.05, 4.69) is 24.1 Å². The molecule has 0 spiro atoms. The second-order valence-corrected chi connectivity index (χ2v) is 8.09. The maximum absolute atomic E-state index is 10.3. The molecule has 2 rings (SSSR count). The Morgan fingerprint density at radius 3 is 1.94 bits per heavy atom. The SMILES string of the molecule is CCCCCCCCC=CCCCCCCCC(=O)O.Oc1ccc2ccccc2n1.[Cu].[Cu]. The first-order chi connectivity index (χ1) is 15.1. The fourth-order valence-corrected chi connectivity index (χ4v) is 3.40. The molecule has 194 valence electrons. The summed E-state index contributed by atoms with van der Waals surface area (Å²) in [5, 5.41) is 18.6. The summed E-state index contributed by atoms with van der Waals surface area (Å²) in [6.45, 7) is 2.26. The van der Waals surface area contributed by atoms with E-state index in [9.17, 15) is 4.79 Å². The van der Waals surface area contributed by atoms with Crippen molar-refractivity contribution in [1.82, 2.24) is 4.98 Å². The van der Waals surface area contributed by atoms with Crippen LogP contribution >= 0.6 is 0 Å². The Balaban J connectivity index is 0. The number of carboxylic acids is 1. The van der Waals surface area contributed by atoms with Crippen LogP contribution in [0.5, 0.6) is 5.88 Å². The van der Waals surface area contributed by atoms with Gasteiger partial charge in [-0.05, 0) is 44.2 Å². The predicted octanol–water partition coefficient (Wildman–Crippen LogP) is 8.04. The molecule has 0 aliphatic heterocycles. The number of allylic oxidation sites excluding steroid dienone is 2. The number of nitrogens with zero attached hydrogens (tertiary/aromatic N) is 1. The van der Waals surface area contributed by atoms with Gasteiger partial charge < -0.3 is 10.2 Å². The van der Waals surface area contributed by atoms with Gasteiger partial charge in [0.15, 0.2) is 0 Å². The van der Waals surface area contributed by atoms with Gasteiger partial charge in [-0.1, -0.05) is 88.6 Å². The summed E-state index contributed by atoms with van der Waals surface area (Å²) in [5.41, 5.74) is 0.826. The molecule has 1 heterocycles. The Hall–Kier alpha value is -1.32. The number of carbonyl (C=O) groups is 1. The van der Waals surface area contributed by atoms with Gasteiger partial charge >= 0.3 is 5.97 Å². The Morgan fingerprint density at radius 1 is 0.788 bits per heavy atom. The minimum Gasteiger partial charge on any atom is -0.493 e. The average Bonchev–Trinajstić information content (AvgIpc) is 2.76. The molecule has 0 aliphatic carbocycles. The summed E-state index contributed by atoms with van der Waals surface area (Å²) in [6.07, 6.45) is 21.2. The number of rotatable bonds is 15. The van der Waals surface area contributed by atoms with Crippen molar-refractivity contribution in [2.75, 3.05) is 0 Å². The smallest absolute Gasteiger partial charge is 0.303 e. The molecule has 0 bridgehead atoms. The van der Waals surface area contributed by atoms with Crippen molar-refractivity contribution in [2.24, 2.45) is 0 Å². The fourth-order valence-electron chi connectivity index (χ4n) is 3.40. The number of benzene rings is 1. The number of pyridine rings is 1. The molecule has 6 heteroatoms. The van der Waals surface area contributed by atoms with Crippen LogP contribution in [0.15, 0.2) is 48.6 Å². The van der Waals surface area contributed by atoms with Crippen molar-refractivity contribution in [3.8, 4) is 5.88 Å². The fraction of sp³-hybridized carbons (Fsp3) is 0.556. The molecule has 0 amide bonds. The van der Waals surface area contributed by atoms with Crippen molar-refractivity contribution in [1.29, 1.82) is 0 Å². The van der Waals surface area contributed by atoms with Gasteiger partial charge in [0, 0.05) is 52.0 Å². The zero-order chi connectivity index (χ0) is 22.6. The molecular formula is C27H41Cu2NO3. The molecule has 0 unspecified atom stereocenters. The Morgan fingerprint density at radius 2 is 1.33 bits per heavy atom. The summed E-state index contributed by atoms with van der Waals surface area (Å²) in [5.74, 6) is -0.591. The van der Waals surface area contributed by atoms with Crippen LogP contribution in [0.25, 0.3) is 10.9 Å². The maximum Gasteiger partial charge on any atom is 0.303 e. The average molecular weight is 555 g/mol. The van der Waals surface area contributed by atoms with Gasteiger partial charge in [0.05, 0.1) is 5.52 Å². The largest absolute Gasteiger partial charge is 0.493 e. The Labute approximate surface area is 221 Å². The van der Waals surface area contributed by atoms with Gasteiger partial charge in [-0.25, -0.2) is 4.98 Å². The van der Waals surface area contributed by atoms with Crippen LogP contribution in [0.2, 0.25) is 0 Å². The van der Waals surface area contributed by atoms with E-state index in [1.807, 2.05) is 30.3 Å². The van der Waals surface area contributed by atoms with Crippen LogP contribution in [0.1, 0.15) is 96.8 Å². The number of aliphatic carboxylic acids is 1. The van der Waals surface area contributed by atoms with Gasteiger partial charge in [-0.2, -0.15) is 0 Å². The van der Waals surface area contributed by atoms with E-state index in [4.69, 9.17) is 10.2 Å². The summed E-state index contributed by atoms with van der Waals surface area (Å²) in [6, 6.07) is 11.1. The molecule has 2 N–H and O–H groups in total. The van der Waals surface area contributed by atoms with E-state index in [-0.39, 0.29) is 40.0 Å². The molecule has 0 saturated carbocycles. The van der Waals surface area contributed by atoms with Gasteiger partial charge in [0.1, 0.15) is 0 Å². The number of hydrogen-bond acceptors (Lipinski definition) is 3. The Bertz CT molecular complexity index is 753. The minimum atomic E-state index is -0.664. The topological polar surface area (TPSA) is 70.4 Å². The summed E-state index contributed by atoms with van der Waals surface area (Å²) in [4.78, 5) is 14.3. The van der Waals surface area contributed by atoms with Gasteiger partial charge in [-0.3, -0.25) is 4.79 Å². The van der Waals surface area contributed by atoms with Crippen LogP contribution in [0, 0.1) is 0 Å². The molecular weight excluding hydrogens is 513 g/mol. The standard InChI is InChI=1S/C18H34O2.C9H7NO.2Cu/c1-2-3-4-5-6-7-8-9-10-11-12-13-14-15-16-17-18(19)20;11-9-6-5-7-3-1-2-4-8(7)10-9;;/h9-10H,2-8,11-17H2,1H3,(H,19,20);1-6H,(H,10,11);;. The third-order valence-electron chi connectivity index (χ3n) is 5.24. The van der Waals surface area contributed by atoms with Crippen LogP contribution in [-0.2, 0) is 38.9 Å². The summed E-state index contributed by atoms with van der Waals surface area (Å²) < 4.78 is 0. The summed E-state index contributed by atoms with van der Waals surface area (Å²) >= 11 is 0. The van der Waals surface area contributed by atoms with E-state index >= 15 is 0 Å². The maximum atomic E-state index is 10.3. The zero-order valence-corrected chi connectivity index (χ0v) is 21.8. The molecule has 2 aromatic rings. The number of carboxylic acid groups (broad SMARTS) is 1. The van der Waals surface area contributed by atoms with Crippen molar-refractivity contribution >= 4 is 16.9 Å². The monoisotopic (exact) mass is 553 g/mol. The van der Waals surface area contributed by atoms with Crippen LogP contribution < -0.4 is 0 Å². The van der Waals surface area contributed by atoms with Crippen molar-refractivity contribution in [3.05, 3.63) is 48.6 Å². The van der Waals surface area contributed by atoms with Crippen molar-refractivity contribution in [2.45, 2.75) is 96.8 Å². The van der Waals surface area contributed by atoms with Gasteiger partial charge in [-0.15, -0.1) is 0 Å². The quantitative estimate of drug-likeness (QED) is 0.133. The second kappa shape index (κ2) is 23.8. The van der Waals surface area contributed by atoms with Gasteiger partial charge in [0.2, 0.25) is 5.88 Å². The second-order valence-electron chi connectivity index (χ2n) is 8.09. The summed E-state index contributed by atoms with van der Waals surface area (Å²) in [7, 11) is 0. The molecule has 0 atom stereocenters. The van der Waals surface area contributed by atoms with E-state index in [1.54, 1.807) is 6.07 Å². The van der Waals surface area contributed by atoms with Crippen molar-refractivity contribution < 1.29 is 49.1 Å². The first kappa shape index (κ1) is 33.8. The van der Waals surface area contributed by atoms with Crippen LogP contribution in [0.3, 0.4) is 0 Å². The number of aromatic hydroxyl groups is 1. The van der Waals surface area contributed by atoms with E-state index in [0.717, 1.165) is 23.7 Å². The predicted molar refractivity (Wildman–Crippen MR) is 130 cm³/mol. The number of unbranched alkanes of at least 4 members (excludes halogenated alkanes) is 11. The normalized spacial score (nSPS) is 10.2. The van der Waals surface area contributed by atoms with Crippen molar-refractivity contribution in [3.63, 3.8) is 0 Å². The van der Waals surface area contributed by atoms with E-state index < -0.39 is 5.97 Å². The minimum absolute atomic E-state index is 0. The molecule has 1 aromatic heterocycles. The molecule has 1 aromatic carbocycles. The van der Waals surface area contributed by atoms with Gasteiger partial charge in [0.25, 0.3) is 0 Å². The van der Waals surface area contributed by atoms with Crippen LogP contribution in [0.4, 0.5) is 0 Å². The molecule has 0 aliphatic rings. The Kier molecular flexibility index (Phi) is 24.4. The molecule has 4 nitrogen and oxygen atoms in total. The zero-order valence-electron chi connectivity index (χ0n) is 19.9. The first-order valence-corrected chi connectivity index (χ1v) is 12.0.